The van der Waals surface area contributed by atoms with Crippen molar-refractivity contribution in [2.45, 2.75) is 6.54 Å². The van der Waals surface area contributed by atoms with Crippen molar-refractivity contribution in [3.63, 3.8) is 0 Å². The molecule has 0 N–H and O–H groups in total. The lowest BCUT2D eigenvalue weighted by Crippen LogP contribution is -2.49. The van der Waals surface area contributed by atoms with Crippen LogP contribution in [0.4, 0.5) is 0 Å². The molecule has 3 amide bonds. The van der Waals surface area contributed by atoms with Gasteiger partial charge < -0.3 is 0 Å². The molecule has 0 saturated heterocycles. The molecule has 0 radical (unpaired) electrons. The maximum atomic E-state index is 13.6. The van der Waals surface area contributed by atoms with Crippen LogP contribution in [0.1, 0.15) is 36.6 Å². The number of carbonyl (C=O) groups is 3. The highest BCUT2D eigenvalue weighted by Crippen LogP contribution is 2.45. The van der Waals surface area contributed by atoms with Gasteiger partial charge in [0, 0.05) is 22.9 Å². The fourth-order valence-corrected chi connectivity index (χ4v) is 6.13. The van der Waals surface area contributed by atoms with Gasteiger partial charge in [-0.1, -0.05) is 47.5 Å². The highest BCUT2D eigenvalue weighted by molar-refractivity contribution is 9.15. The first-order valence-electron chi connectivity index (χ1n) is 9.19. The second kappa shape index (κ2) is 9.79. The van der Waals surface area contributed by atoms with Gasteiger partial charge in [0.05, 0.1) is 28.3 Å². The van der Waals surface area contributed by atoms with Crippen molar-refractivity contribution < 1.29 is 14.4 Å². The molecule has 0 bridgehead atoms. The maximum absolute atomic E-state index is 13.6. The smallest absolute Gasteiger partial charge is 0.267 e. The number of hydrogen-bond donors (Lipinski definition) is 0. The summed E-state index contributed by atoms with van der Waals surface area (Å²) in [6.07, 6.45) is 0. The average molecular weight is 741 g/mol. The van der Waals surface area contributed by atoms with E-state index in [1.165, 1.54) is 6.07 Å². The molecule has 0 unspecified atom stereocenters. The summed E-state index contributed by atoms with van der Waals surface area (Å²) in [5, 5.41) is 2.66. The Kier molecular flexibility index (Phi) is 7.38. The number of carbonyl (C=O) groups excluding carboxylic acids is 3. The lowest BCUT2D eigenvalue weighted by molar-refractivity contribution is 0.000828. The molecular formula is C22H10Br4Cl2N2O3. The second-order valence-corrected chi connectivity index (χ2v) is 10.9. The average Bonchev–Trinajstić information content (AvgIpc) is 3.06. The maximum Gasteiger partial charge on any atom is 0.282 e. The Morgan fingerprint density at radius 2 is 1.30 bits per heavy atom. The van der Waals surface area contributed by atoms with E-state index in [0.29, 0.717) is 28.5 Å². The predicted molar refractivity (Wildman–Crippen MR) is 141 cm³/mol. The fourth-order valence-electron chi connectivity index (χ4n) is 3.33. The summed E-state index contributed by atoms with van der Waals surface area (Å²) in [7, 11) is 0. The highest BCUT2D eigenvalue weighted by atomic mass is 79.9. The number of amides is 3. The number of benzene rings is 3. The van der Waals surface area contributed by atoms with Gasteiger partial charge in [0.25, 0.3) is 17.7 Å². The van der Waals surface area contributed by atoms with Gasteiger partial charge in [-0.3, -0.25) is 14.4 Å². The van der Waals surface area contributed by atoms with E-state index in [9.17, 15) is 14.4 Å². The van der Waals surface area contributed by atoms with Crippen LogP contribution in [-0.4, -0.2) is 27.7 Å². The Hall–Kier alpha value is -1.23. The number of rotatable bonds is 4. The van der Waals surface area contributed by atoms with Crippen molar-refractivity contribution in [3.05, 3.63) is 98.7 Å². The molecule has 1 aliphatic heterocycles. The van der Waals surface area contributed by atoms with Crippen molar-refractivity contribution >= 4 is 105 Å². The van der Waals surface area contributed by atoms with Crippen molar-refractivity contribution in [1.82, 2.24) is 10.0 Å². The van der Waals surface area contributed by atoms with Gasteiger partial charge in [0.2, 0.25) is 0 Å². The van der Waals surface area contributed by atoms with Crippen LogP contribution in [0.2, 0.25) is 10.0 Å². The van der Waals surface area contributed by atoms with Crippen LogP contribution in [0, 0.1) is 0 Å². The Morgan fingerprint density at radius 3 is 1.82 bits per heavy atom. The van der Waals surface area contributed by atoms with E-state index in [0.717, 1.165) is 10.0 Å². The molecule has 11 heteroatoms. The normalized spacial score (nSPS) is 12.8. The van der Waals surface area contributed by atoms with E-state index in [1.807, 2.05) is 0 Å². The standard InChI is InChI=1S/C22H10Br4Cl2N2O3/c23-16-14-15(17(24)19(26)18(16)25)22(33)30(21(14)32)29(9-10-5-7-11(27)8-6-10)20(31)12-3-1-2-4-13(12)28/h1-8H,9H2. The first-order chi connectivity index (χ1) is 15.6. The van der Waals surface area contributed by atoms with Crippen LogP contribution in [0.15, 0.2) is 66.4 Å². The van der Waals surface area contributed by atoms with E-state index in [2.05, 4.69) is 63.7 Å². The van der Waals surface area contributed by atoms with Crippen molar-refractivity contribution in [2.75, 3.05) is 0 Å². The quantitative estimate of drug-likeness (QED) is 0.155. The number of nitrogens with zero attached hydrogens (tertiary/aromatic N) is 2. The molecule has 4 rings (SSSR count). The van der Waals surface area contributed by atoms with Crippen LogP contribution < -0.4 is 0 Å². The van der Waals surface area contributed by atoms with Crippen molar-refractivity contribution in [3.8, 4) is 0 Å². The van der Waals surface area contributed by atoms with Gasteiger partial charge in [-0.2, -0.15) is 5.01 Å². The SMILES string of the molecule is O=C(c1ccccc1Cl)N(Cc1ccc(Cl)cc1)N1C(=O)c2c(Br)c(Br)c(Br)c(Br)c2C1=O. The van der Waals surface area contributed by atoms with Gasteiger partial charge in [-0.25, -0.2) is 5.01 Å². The summed E-state index contributed by atoms with van der Waals surface area (Å²) >= 11 is 25.9. The topological polar surface area (TPSA) is 57.7 Å². The Bertz CT molecular complexity index is 1290. The zero-order valence-electron chi connectivity index (χ0n) is 16.2. The van der Waals surface area contributed by atoms with E-state index >= 15 is 0 Å². The lowest BCUT2D eigenvalue weighted by atomic mass is 10.1. The predicted octanol–water partition coefficient (Wildman–Crippen LogP) is 7.90. The van der Waals surface area contributed by atoms with Gasteiger partial charge in [0.1, 0.15) is 0 Å². The van der Waals surface area contributed by atoms with E-state index < -0.39 is 17.7 Å². The first-order valence-corrected chi connectivity index (χ1v) is 13.1. The van der Waals surface area contributed by atoms with Crippen LogP contribution in [0.25, 0.3) is 0 Å². The molecule has 3 aromatic rings. The zero-order valence-corrected chi connectivity index (χ0v) is 24.1. The largest absolute Gasteiger partial charge is 0.282 e. The summed E-state index contributed by atoms with van der Waals surface area (Å²) in [6, 6.07) is 13.2. The molecule has 168 valence electrons. The van der Waals surface area contributed by atoms with E-state index in [4.69, 9.17) is 23.2 Å². The molecule has 1 aliphatic rings. The van der Waals surface area contributed by atoms with Crippen LogP contribution in [-0.2, 0) is 6.54 Å². The van der Waals surface area contributed by atoms with Crippen LogP contribution >= 0.6 is 86.9 Å². The number of fused-ring (bicyclic) bond motifs is 1. The molecule has 0 aromatic heterocycles. The highest BCUT2D eigenvalue weighted by Gasteiger charge is 2.45. The molecule has 0 spiro atoms. The summed E-state index contributed by atoms with van der Waals surface area (Å²) in [5.74, 6) is -1.90. The molecule has 0 fully saturated rings. The summed E-state index contributed by atoms with van der Waals surface area (Å²) in [5.41, 5.74) is 1.09. The minimum absolute atomic E-state index is 0.0652. The third-order valence-electron chi connectivity index (χ3n) is 4.91. The molecular weight excluding hydrogens is 731 g/mol. The number of halogens is 6. The number of hydrogen-bond acceptors (Lipinski definition) is 3. The Morgan fingerprint density at radius 1 is 0.788 bits per heavy atom. The molecule has 33 heavy (non-hydrogen) atoms. The molecule has 1 heterocycles. The zero-order chi connectivity index (χ0) is 24.0. The minimum atomic E-state index is -0.648. The summed E-state index contributed by atoms with van der Waals surface area (Å²) in [4.78, 5) is 40.6. The van der Waals surface area contributed by atoms with Gasteiger partial charge in [-0.05, 0) is 93.5 Å². The third-order valence-corrected chi connectivity index (χ3v) is 10.3. The first kappa shape index (κ1) is 24.9. The van der Waals surface area contributed by atoms with E-state index in [1.54, 1.807) is 42.5 Å². The van der Waals surface area contributed by atoms with Crippen LogP contribution in [0.5, 0.6) is 0 Å². The van der Waals surface area contributed by atoms with Crippen LogP contribution in [0.3, 0.4) is 0 Å². The summed E-state index contributed by atoms with van der Waals surface area (Å²) in [6.45, 7) is -0.0652. The third kappa shape index (κ3) is 4.44. The number of hydrazine groups is 1. The lowest BCUT2D eigenvalue weighted by Gasteiger charge is -2.30. The molecule has 3 aromatic carbocycles. The Labute approximate surface area is 232 Å². The molecule has 0 saturated carbocycles. The minimum Gasteiger partial charge on any atom is -0.267 e. The molecule has 0 atom stereocenters. The molecule has 5 nitrogen and oxygen atoms in total. The summed E-state index contributed by atoms with van der Waals surface area (Å²) < 4.78 is 1.89. The van der Waals surface area contributed by atoms with Gasteiger partial charge in [0.15, 0.2) is 0 Å². The van der Waals surface area contributed by atoms with E-state index in [-0.39, 0.29) is 28.3 Å². The van der Waals surface area contributed by atoms with Gasteiger partial charge >= 0.3 is 0 Å². The molecule has 0 aliphatic carbocycles. The Balaban J connectivity index is 1.86. The monoisotopic (exact) mass is 736 g/mol. The van der Waals surface area contributed by atoms with Crippen molar-refractivity contribution in [2.24, 2.45) is 0 Å². The second-order valence-electron chi connectivity index (χ2n) is 6.90. The van der Waals surface area contributed by atoms with Gasteiger partial charge in [-0.15, -0.1) is 0 Å². The van der Waals surface area contributed by atoms with Crippen molar-refractivity contribution in [1.29, 1.82) is 0 Å². The number of imide groups is 1. The fraction of sp³-hybridized carbons (Fsp3) is 0.0455.